The molecule has 2 rings (SSSR count). The number of benzene rings is 2. The smallest absolute Gasteiger partial charge is 0.338 e. The number of rotatable bonds is 28. The van der Waals surface area contributed by atoms with Crippen LogP contribution in [0.1, 0.15) is 190 Å². The number of phenols is 2. The summed E-state index contributed by atoms with van der Waals surface area (Å²) >= 11 is 1.08. The highest BCUT2D eigenvalue weighted by atomic mass is 32.2. The number of carbonyl (C=O) groups excluding carboxylic acids is 2. The minimum absolute atomic E-state index is 0.0301. The molecule has 0 aromatic heterocycles. The van der Waals surface area contributed by atoms with Crippen molar-refractivity contribution in [3.05, 3.63) is 47.5 Å². The highest BCUT2D eigenvalue weighted by molar-refractivity contribution is 7.99. The number of unbranched alkanes of at least 4 members (excludes halogenated alkanes) is 18. The van der Waals surface area contributed by atoms with Crippen LogP contribution in [-0.2, 0) is 9.47 Å². The number of phenolic OH excluding ortho intramolecular Hbond substituents is 2. The number of hydrogen-bond acceptors (Lipinski definition) is 7. The molecule has 0 aliphatic carbocycles. The third kappa shape index (κ3) is 18.8. The summed E-state index contributed by atoms with van der Waals surface area (Å²) < 4.78 is 11.4. The van der Waals surface area contributed by atoms with Gasteiger partial charge in [0.25, 0.3) is 0 Å². The van der Waals surface area contributed by atoms with Crippen molar-refractivity contribution in [3.8, 4) is 11.5 Å². The van der Waals surface area contributed by atoms with Gasteiger partial charge in [-0.05, 0) is 75.9 Å². The van der Waals surface area contributed by atoms with E-state index in [1.165, 1.54) is 115 Å². The highest BCUT2D eigenvalue weighted by Gasteiger charge is 2.18. The minimum Gasteiger partial charge on any atom is -0.507 e. The van der Waals surface area contributed by atoms with E-state index in [-0.39, 0.29) is 23.7 Å². The fourth-order valence-corrected chi connectivity index (χ4v) is 6.98. The average Bonchev–Trinajstić information content (AvgIpc) is 3.08. The Morgan fingerprint density at radius 1 is 0.531 bits per heavy atom. The summed E-state index contributed by atoms with van der Waals surface area (Å²) in [4.78, 5) is 26.6. The second kappa shape index (κ2) is 26.2. The van der Waals surface area contributed by atoms with E-state index in [1.54, 1.807) is 24.3 Å². The van der Waals surface area contributed by atoms with Gasteiger partial charge in [-0.3, -0.25) is 0 Å². The predicted molar refractivity (Wildman–Crippen MR) is 203 cm³/mol. The van der Waals surface area contributed by atoms with Gasteiger partial charge in [-0.1, -0.05) is 141 Å². The van der Waals surface area contributed by atoms with Crippen LogP contribution in [-0.4, -0.2) is 34.4 Å². The number of carbonyl (C=O) groups is 2. The Hall–Kier alpha value is -2.67. The molecule has 2 aromatic rings. The van der Waals surface area contributed by atoms with Crippen LogP contribution >= 0.6 is 11.8 Å². The first-order chi connectivity index (χ1) is 23.7. The van der Waals surface area contributed by atoms with Gasteiger partial charge in [-0.25, -0.2) is 9.59 Å². The summed E-state index contributed by atoms with van der Waals surface area (Å²) in [6.45, 7) is 8.33. The summed E-state index contributed by atoms with van der Waals surface area (Å²) in [6, 6.07) is 9.12. The van der Waals surface area contributed by atoms with Crippen LogP contribution in [0.4, 0.5) is 0 Å². The van der Waals surface area contributed by atoms with Crippen LogP contribution < -0.4 is 0 Å². The molecule has 0 bridgehead atoms. The van der Waals surface area contributed by atoms with E-state index >= 15 is 0 Å². The van der Waals surface area contributed by atoms with Gasteiger partial charge in [-0.15, -0.1) is 0 Å². The molecule has 49 heavy (non-hydrogen) atoms. The van der Waals surface area contributed by atoms with Crippen molar-refractivity contribution in [3.63, 3.8) is 0 Å². The van der Waals surface area contributed by atoms with Crippen LogP contribution in [0.3, 0.4) is 0 Å². The molecule has 0 heterocycles. The molecule has 0 fully saturated rings. The lowest BCUT2D eigenvalue weighted by Gasteiger charge is -2.15. The van der Waals surface area contributed by atoms with E-state index in [1.807, 2.05) is 13.8 Å². The van der Waals surface area contributed by atoms with Crippen LogP contribution in [0.15, 0.2) is 46.2 Å². The quantitative estimate of drug-likeness (QED) is 0.0675. The molecule has 2 aromatic carbocycles. The first-order valence-corrected chi connectivity index (χ1v) is 20.3. The van der Waals surface area contributed by atoms with Crippen LogP contribution in [0, 0.1) is 0 Å². The maximum absolute atomic E-state index is 12.9. The van der Waals surface area contributed by atoms with Gasteiger partial charge >= 0.3 is 11.9 Å². The Morgan fingerprint density at radius 2 is 0.837 bits per heavy atom. The topological polar surface area (TPSA) is 93.1 Å². The summed E-state index contributed by atoms with van der Waals surface area (Å²) in [5.41, 5.74) is 0.650. The molecule has 0 aliphatic heterocycles. The molecule has 0 amide bonds. The fraction of sp³-hybridized carbons (Fsp3) is 0.667. The normalized spacial score (nSPS) is 12.5. The zero-order valence-electron chi connectivity index (χ0n) is 31.1. The Balaban J connectivity index is 1.78. The van der Waals surface area contributed by atoms with E-state index in [9.17, 15) is 19.8 Å². The summed E-state index contributed by atoms with van der Waals surface area (Å²) in [6.07, 6.45) is 26.5. The molecule has 0 aliphatic rings. The number of hydrogen-bond donors (Lipinski definition) is 2. The lowest BCUT2D eigenvalue weighted by atomic mass is 10.0. The molecule has 2 atom stereocenters. The van der Waals surface area contributed by atoms with Gasteiger partial charge in [0.1, 0.15) is 11.5 Å². The zero-order chi connectivity index (χ0) is 35.7. The number of aromatic hydroxyl groups is 2. The molecule has 276 valence electrons. The molecule has 2 N–H and O–H groups in total. The summed E-state index contributed by atoms with van der Waals surface area (Å²) in [5, 5.41) is 21.1. The van der Waals surface area contributed by atoms with Crippen molar-refractivity contribution < 1.29 is 29.3 Å². The van der Waals surface area contributed by atoms with Gasteiger partial charge in [0.2, 0.25) is 0 Å². The van der Waals surface area contributed by atoms with Crippen LogP contribution in [0.5, 0.6) is 11.5 Å². The fourth-order valence-electron chi connectivity index (χ4n) is 6.02. The molecule has 2 unspecified atom stereocenters. The minimum atomic E-state index is -0.445. The molecule has 0 saturated heterocycles. The predicted octanol–water partition coefficient (Wildman–Crippen LogP) is 13.0. The van der Waals surface area contributed by atoms with E-state index in [4.69, 9.17) is 9.47 Å². The maximum Gasteiger partial charge on any atom is 0.338 e. The van der Waals surface area contributed by atoms with Crippen LogP contribution in [0.2, 0.25) is 0 Å². The van der Waals surface area contributed by atoms with Gasteiger partial charge < -0.3 is 19.7 Å². The standard InChI is InChI=1S/C42H66O6S/c1-5-7-9-11-13-15-17-19-21-23-25-33(3)47-41(45)35-27-29-37(43)39(31-35)49-40-32-36(28-30-38(40)44)42(46)48-34(4)26-24-22-20-18-16-14-12-10-8-6-2/h27-34,43-44H,5-26H2,1-4H3. The number of ether oxygens (including phenoxy) is 2. The van der Waals surface area contributed by atoms with Crippen LogP contribution in [0.25, 0.3) is 0 Å². The highest BCUT2D eigenvalue weighted by Crippen LogP contribution is 2.40. The van der Waals surface area contributed by atoms with Crippen molar-refractivity contribution in [2.75, 3.05) is 0 Å². The largest absolute Gasteiger partial charge is 0.507 e. The molecule has 7 heteroatoms. The molecular formula is C42H66O6S. The van der Waals surface area contributed by atoms with E-state index in [0.29, 0.717) is 20.9 Å². The Morgan fingerprint density at radius 3 is 1.16 bits per heavy atom. The van der Waals surface area contributed by atoms with Crippen molar-refractivity contribution >= 4 is 23.7 Å². The van der Waals surface area contributed by atoms with Gasteiger partial charge in [0, 0.05) is 0 Å². The lowest BCUT2D eigenvalue weighted by Crippen LogP contribution is -2.15. The average molecular weight is 699 g/mol. The molecule has 6 nitrogen and oxygen atoms in total. The zero-order valence-corrected chi connectivity index (χ0v) is 31.9. The first kappa shape index (κ1) is 42.5. The molecule has 0 radical (unpaired) electrons. The second-order valence-electron chi connectivity index (χ2n) is 13.8. The van der Waals surface area contributed by atoms with E-state index in [2.05, 4.69) is 13.8 Å². The number of esters is 2. The third-order valence-electron chi connectivity index (χ3n) is 9.16. The SMILES string of the molecule is CCCCCCCCCCCCC(C)OC(=O)c1ccc(O)c(Sc2cc(C(=O)OC(C)CCCCCCCCCCCC)ccc2O)c1. The molecule has 0 spiro atoms. The lowest BCUT2D eigenvalue weighted by molar-refractivity contribution is 0.0309. The monoisotopic (exact) mass is 698 g/mol. The van der Waals surface area contributed by atoms with Gasteiger partial charge in [-0.2, -0.15) is 0 Å². The van der Waals surface area contributed by atoms with Gasteiger partial charge in [0.15, 0.2) is 0 Å². The summed E-state index contributed by atoms with van der Waals surface area (Å²) in [5.74, 6) is -0.950. The van der Waals surface area contributed by atoms with E-state index in [0.717, 1.165) is 50.3 Å². The van der Waals surface area contributed by atoms with E-state index < -0.39 is 11.9 Å². The van der Waals surface area contributed by atoms with Crippen molar-refractivity contribution in [1.29, 1.82) is 0 Å². The molecular weight excluding hydrogens is 633 g/mol. The summed E-state index contributed by atoms with van der Waals surface area (Å²) in [7, 11) is 0. The maximum atomic E-state index is 12.9. The van der Waals surface area contributed by atoms with Crippen molar-refractivity contribution in [2.24, 2.45) is 0 Å². The van der Waals surface area contributed by atoms with Crippen molar-refractivity contribution in [2.45, 2.75) is 191 Å². The Labute approximate surface area is 302 Å². The Kier molecular flexibility index (Phi) is 22.7. The Bertz CT molecular complexity index is 1110. The van der Waals surface area contributed by atoms with Crippen molar-refractivity contribution in [1.82, 2.24) is 0 Å². The van der Waals surface area contributed by atoms with Gasteiger partial charge in [0.05, 0.1) is 33.1 Å². The third-order valence-corrected chi connectivity index (χ3v) is 10.2. The first-order valence-electron chi connectivity index (χ1n) is 19.5. The molecule has 0 saturated carbocycles. The second-order valence-corrected chi connectivity index (χ2v) is 14.9.